The lowest BCUT2D eigenvalue weighted by Crippen LogP contribution is -2.12. The highest BCUT2D eigenvalue weighted by Gasteiger charge is 2.10. The number of hydrogen-bond donors (Lipinski definition) is 1. The van der Waals surface area contributed by atoms with Gasteiger partial charge in [0.15, 0.2) is 5.65 Å². The average Bonchev–Trinajstić information content (AvgIpc) is 3.14. The summed E-state index contributed by atoms with van der Waals surface area (Å²) in [6, 6.07) is 18.1. The van der Waals surface area contributed by atoms with Crippen LogP contribution in [0.1, 0.15) is 17.3 Å². The van der Waals surface area contributed by atoms with Crippen LogP contribution in [0.4, 0.5) is 5.69 Å². The van der Waals surface area contributed by atoms with Crippen molar-refractivity contribution in [3.05, 3.63) is 72.4 Å². The molecule has 27 heavy (non-hydrogen) atoms. The molecule has 4 rings (SSSR count). The molecule has 0 aliphatic heterocycles. The van der Waals surface area contributed by atoms with Gasteiger partial charge >= 0.3 is 0 Å². The molecule has 0 spiro atoms. The predicted molar refractivity (Wildman–Crippen MR) is 102 cm³/mol. The van der Waals surface area contributed by atoms with Gasteiger partial charge in [-0.1, -0.05) is 5.21 Å². The number of pyridine rings is 1. The van der Waals surface area contributed by atoms with Gasteiger partial charge in [0, 0.05) is 17.4 Å². The number of nitrogens with one attached hydrogen (secondary N) is 1. The van der Waals surface area contributed by atoms with Crippen molar-refractivity contribution in [1.82, 2.24) is 20.0 Å². The largest absolute Gasteiger partial charge is 0.494 e. The zero-order chi connectivity index (χ0) is 18.6. The van der Waals surface area contributed by atoms with Crippen molar-refractivity contribution in [2.75, 3.05) is 11.9 Å². The Hall–Kier alpha value is -3.74. The van der Waals surface area contributed by atoms with Crippen LogP contribution >= 0.6 is 0 Å². The molecule has 0 aliphatic rings. The summed E-state index contributed by atoms with van der Waals surface area (Å²) in [5.41, 5.74) is 3.43. The minimum atomic E-state index is -0.188. The summed E-state index contributed by atoms with van der Waals surface area (Å²) in [6.45, 7) is 2.53. The third kappa shape index (κ3) is 3.48. The standard InChI is InChI=1S/C20H17N5O2/c1-2-27-17-11-7-15(8-12-17)22-20(26)14-5-9-16(10-6-14)25-19-18(23-24-25)4-3-13-21-19/h3-13H,2H2,1H3,(H,22,26). The average molecular weight is 359 g/mol. The number of anilines is 1. The fraction of sp³-hybridized carbons (Fsp3) is 0.100. The zero-order valence-corrected chi connectivity index (χ0v) is 14.7. The fourth-order valence-electron chi connectivity index (χ4n) is 2.70. The number of hydrogen-bond acceptors (Lipinski definition) is 5. The van der Waals surface area contributed by atoms with Gasteiger partial charge in [-0.2, -0.15) is 4.68 Å². The minimum absolute atomic E-state index is 0.188. The Morgan fingerprint density at radius 1 is 1.07 bits per heavy atom. The van der Waals surface area contributed by atoms with Gasteiger partial charge < -0.3 is 10.1 Å². The van der Waals surface area contributed by atoms with Gasteiger partial charge in [0.1, 0.15) is 11.3 Å². The van der Waals surface area contributed by atoms with Crippen LogP contribution in [-0.4, -0.2) is 32.5 Å². The maximum Gasteiger partial charge on any atom is 0.255 e. The topological polar surface area (TPSA) is 81.9 Å². The van der Waals surface area contributed by atoms with Gasteiger partial charge in [-0.05, 0) is 67.6 Å². The Balaban J connectivity index is 1.50. The van der Waals surface area contributed by atoms with E-state index in [2.05, 4.69) is 20.6 Å². The van der Waals surface area contributed by atoms with Crippen LogP contribution in [0.15, 0.2) is 66.9 Å². The van der Waals surface area contributed by atoms with Crippen LogP contribution < -0.4 is 10.1 Å². The number of ether oxygens (including phenoxy) is 1. The van der Waals surface area contributed by atoms with Crippen molar-refractivity contribution in [3.8, 4) is 11.4 Å². The predicted octanol–water partition coefficient (Wildman–Crippen LogP) is 3.47. The first-order valence-electron chi connectivity index (χ1n) is 8.55. The molecule has 134 valence electrons. The number of nitrogens with zero attached hydrogens (tertiary/aromatic N) is 4. The molecular formula is C20H17N5O2. The molecule has 0 unspecified atom stereocenters. The monoisotopic (exact) mass is 359 g/mol. The lowest BCUT2D eigenvalue weighted by Gasteiger charge is -2.08. The number of carbonyl (C=O) groups is 1. The second-order valence-electron chi connectivity index (χ2n) is 5.81. The van der Waals surface area contributed by atoms with Crippen molar-refractivity contribution >= 4 is 22.8 Å². The number of aromatic nitrogens is 4. The highest BCUT2D eigenvalue weighted by atomic mass is 16.5. The zero-order valence-electron chi connectivity index (χ0n) is 14.7. The molecule has 0 saturated heterocycles. The Labute approximate surface area is 155 Å². The molecule has 2 aromatic carbocycles. The first-order chi connectivity index (χ1) is 13.2. The second-order valence-corrected chi connectivity index (χ2v) is 5.81. The molecular weight excluding hydrogens is 342 g/mol. The first kappa shape index (κ1) is 16.7. The molecule has 0 bridgehead atoms. The van der Waals surface area contributed by atoms with Crippen LogP contribution in [0.2, 0.25) is 0 Å². The van der Waals surface area contributed by atoms with Crippen molar-refractivity contribution in [2.24, 2.45) is 0 Å². The summed E-state index contributed by atoms with van der Waals surface area (Å²) in [4.78, 5) is 16.7. The van der Waals surface area contributed by atoms with Crippen LogP contribution in [0.5, 0.6) is 5.75 Å². The van der Waals surface area contributed by atoms with E-state index in [1.54, 1.807) is 23.0 Å². The number of rotatable bonds is 5. The molecule has 4 aromatic rings. The third-order valence-corrected chi connectivity index (χ3v) is 4.01. The molecule has 0 aliphatic carbocycles. The Bertz CT molecular complexity index is 1070. The lowest BCUT2D eigenvalue weighted by molar-refractivity contribution is 0.102. The van der Waals surface area contributed by atoms with E-state index >= 15 is 0 Å². The number of fused-ring (bicyclic) bond motifs is 1. The second kappa shape index (κ2) is 7.25. The molecule has 0 radical (unpaired) electrons. The van der Waals surface area contributed by atoms with Crippen molar-refractivity contribution in [2.45, 2.75) is 6.92 Å². The minimum Gasteiger partial charge on any atom is -0.494 e. The van der Waals surface area contributed by atoms with E-state index in [4.69, 9.17) is 4.74 Å². The van der Waals surface area contributed by atoms with Crippen molar-refractivity contribution in [3.63, 3.8) is 0 Å². The molecule has 1 N–H and O–H groups in total. The Morgan fingerprint density at radius 3 is 2.59 bits per heavy atom. The first-order valence-corrected chi connectivity index (χ1v) is 8.55. The summed E-state index contributed by atoms with van der Waals surface area (Å²) in [5, 5.41) is 11.1. The lowest BCUT2D eigenvalue weighted by atomic mass is 10.2. The van der Waals surface area contributed by atoms with Crippen LogP contribution in [0.3, 0.4) is 0 Å². The van der Waals surface area contributed by atoms with E-state index in [9.17, 15) is 4.79 Å². The summed E-state index contributed by atoms with van der Waals surface area (Å²) < 4.78 is 7.04. The Morgan fingerprint density at radius 2 is 1.85 bits per heavy atom. The van der Waals surface area contributed by atoms with Crippen molar-refractivity contribution in [1.29, 1.82) is 0 Å². The molecule has 0 saturated carbocycles. The Kier molecular flexibility index (Phi) is 4.49. The van der Waals surface area contributed by atoms with Gasteiger partial charge in [0.05, 0.1) is 12.3 Å². The molecule has 1 amide bonds. The van der Waals surface area contributed by atoms with Crippen LogP contribution in [0, 0.1) is 0 Å². The summed E-state index contributed by atoms with van der Waals surface area (Å²) in [5.74, 6) is 0.584. The van der Waals surface area contributed by atoms with Crippen LogP contribution in [-0.2, 0) is 0 Å². The smallest absolute Gasteiger partial charge is 0.255 e. The summed E-state index contributed by atoms with van der Waals surface area (Å²) >= 11 is 0. The van der Waals surface area contributed by atoms with Gasteiger partial charge in [-0.3, -0.25) is 4.79 Å². The molecule has 2 heterocycles. The number of carbonyl (C=O) groups excluding carboxylic acids is 1. The van der Waals surface area contributed by atoms with E-state index in [1.807, 2.05) is 55.5 Å². The molecule has 7 nitrogen and oxygen atoms in total. The van der Waals surface area contributed by atoms with Crippen molar-refractivity contribution < 1.29 is 9.53 Å². The van der Waals surface area contributed by atoms with E-state index in [-0.39, 0.29) is 5.91 Å². The van der Waals surface area contributed by atoms with E-state index in [0.29, 0.717) is 23.5 Å². The third-order valence-electron chi connectivity index (χ3n) is 4.01. The number of benzene rings is 2. The summed E-state index contributed by atoms with van der Waals surface area (Å²) in [7, 11) is 0. The SMILES string of the molecule is CCOc1ccc(NC(=O)c2ccc(-n3nnc4cccnc43)cc2)cc1. The molecule has 7 heteroatoms. The molecule has 0 fully saturated rings. The maximum atomic E-state index is 12.4. The summed E-state index contributed by atoms with van der Waals surface area (Å²) in [6.07, 6.45) is 1.70. The maximum absolute atomic E-state index is 12.4. The van der Waals surface area contributed by atoms with Crippen LogP contribution in [0.25, 0.3) is 16.9 Å². The highest BCUT2D eigenvalue weighted by Crippen LogP contribution is 2.18. The van der Waals surface area contributed by atoms with Gasteiger partial charge in [0.2, 0.25) is 0 Å². The normalized spacial score (nSPS) is 10.7. The van der Waals surface area contributed by atoms with E-state index < -0.39 is 0 Å². The van der Waals surface area contributed by atoms with Gasteiger partial charge in [-0.25, -0.2) is 4.98 Å². The number of amides is 1. The van der Waals surface area contributed by atoms with Gasteiger partial charge in [-0.15, -0.1) is 5.10 Å². The van der Waals surface area contributed by atoms with Gasteiger partial charge in [0.25, 0.3) is 5.91 Å². The highest BCUT2D eigenvalue weighted by molar-refractivity contribution is 6.04. The molecule has 2 aromatic heterocycles. The quantitative estimate of drug-likeness (QED) is 0.590. The van der Waals surface area contributed by atoms with E-state index in [0.717, 1.165) is 17.0 Å². The molecule has 0 atom stereocenters. The fourth-order valence-corrected chi connectivity index (χ4v) is 2.70. The van der Waals surface area contributed by atoms with E-state index in [1.165, 1.54) is 0 Å².